The van der Waals surface area contributed by atoms with Gasteiger partial charge in [0.05, 0.1) is 34.0 Å². The summed E-state index contributed by atoms with van der Waals surface area (Å²) in [4.78, 5) is 12.9. The molecule has 1 heterocycles. The molecule has 1 aromatic heterocycles. The lowest BCUT2D eigenvalue weighted by Crippen LogP contribution is -2.13. The van der Waals surface area contributed by atoms with Gasteiger partial charge in [-0.2, -0.15) is 0 Å². The van der Waals surface area contributed by atoms with Gasteiger partial charge in [-0.05, 0) is 51.1 Å². The van der Waals surface area contributed by atoms with Crippen molar-refractivity contribution in [1.29, 1.82) is 0 Å². The van der Waals surface area contributed by atoms with E-state index < -0.39 is 5.91 Å². The summed E-state index contributed by atoms with van der Waals surface area (Å²) >= 11 is 0. The highest BCUT2D eigenvalue weighted by molar-refractivity contribution is 6.04. The molecule has 1 amide bonds. The summed E-state index contributed by atoms with van der Waals surface area (Å²) in [7, 11) is 3.08. The highest BCUT2D eigenvalue weighted by Crippen LogP contribution is 2.39. The zero-order chi connectivity index (χ0) is 23.8. The second kappa shape index (κ2) is 11.1. The van der Waals surface area contributed by atoms with Gasteiger partial charge in [-0.25, -0.2) is 0 Å². The van der Waals surface area contributed by atoms with Crippen molar-refractivity contribution >= 4 is 11.9 Å². The maximum atomic E-state index is 12.9. The predicted octanol–water partition coefficient (Wildman–Crippen LogP) is 4.20. The number of anilines is 1. The fourth-order valence-corrected chi connectivity index (χ4v) is 3.05. The minimum Gasteiger partial charge on any atom is -0.493 e. The topological polar surface area (TPSA) is 114 Å². The number of methoxy groups -OCH3 is 2. The molecule has 0 fully saturated rings. The number of nitrogens with zero attached hydrogens (tertiary/aromatic N) is 2. The Hall–Kier alpha value is -3.95. The monoisotopic (exact) mass is 457 g/mol. The van der Waals surface area contributed by atoms with E-state index in [0.29, 0.717) is 54.1 Å². The van der Waals surface area contributed by atoms with Crippen LogP contribution in [0.5, 0.6) is 28.7 Å². The van der Waals surface area contributed by atoms with Crippen LogP contribution >= 0.6 is 0 Å². The molecule has 0 atom stereocenters. The Kier molecular flexibility index (Phi) is 7.96. The van der Waals surface area contributed by atoms with E-state index in [1.165, 1.54) is 7.11 Å². The summed E-state index contributed by atoms with van der Waals surface area (Å²) in [6, 6.07) is 8.27. The van der Waals surface area contributed by atoms with Crippen molar-refractivity contribution in [2.24, 2.45) is 0 Å². The van der Waals surface area contributed by atoms with Gasteiger partial charge in [-0.1, -0.05) is 5.10 Å². The molecule has 0 saturated heterocycles. The molecule has 2 aromatic carbocycles. The molecule has 0 bridgehead atoms. The van der Waals surface area contributed by atoms with Crippen molar-refractivity contribution in [1.82, 2.24) is 10.2 Å². The lowest BCUT2D eigenvalue weighted by atomic mass is 10.1. The van der Waals surface area contributed by atoms with Gasteiger partial charge in [0.2, 0.25) is 11.6 Å². The number of amides is 1. The van der Waals surface area contributed by atoms with Crippen molar-refractivity contribution in [3.05, 3.63) is 35.9 Å². The first-order valence-corrected chi connectivity index (χ1v) is 10.5. The number of hydrogen-bond donors (Lipinski definition) is 1. The van der Waals surface area contributed by atoms with Crippen LogP contribution in [-0.2, 0) is 0 Å². The minimum absolute atomic E-state index is 0.0606. The van der Waals surface area contributed by atoms with E-state index in [-0.39, 0.29) is 17.5 Å². The fraction of sp³-hybridized carbons (Fsp3) is 0.348. The Morgan fingerprint density at radius 2 is 1.48 bits per heavy atom. The lowest BCUT2D eigenvalue weighted by molar-refractivity contribution is 0.102. The van der Waals surface area contributed by atoms with E-state index in [2.05, 4.69) is 15.5 Å². The van der Waals surface area contributed by atoms with Gasteiger partial charge in [0.25, 0.3) is 5.91 Å². The first kappa shape index (κ1) is 23.7. The molecule has 0 aliphatic carbocycles. The van der Waals surface area contributed by atoms with Crippen molar-refractivity contribution in [3.8, 4) is 40.2 Å². The molecule has 10 heteroatoms. The third-order valence-electron chi connectivity index (χ3n) is 4.45. The van der Waals surface area contributed by atoms with E-state index in [9.17, 15) is 4.79 Å². The molecule has 3 aromatic rings. The molecular weight excluding hydrogens is 430 g/mol. The number of benzene rings is 2. The normalized spacial score (nSPS) is 10.5. The third-order valence-corrected chi connectivity index (χ3v) is 4.45. The number of nitrogens with one attached hydrogen (secondary N) is 1. The van der Waals surface area contributed by atoms with Crippen LogP contribution in [-0.4, -0.2) is 50.1 Å². The molecule has 0 aliphatic heterocycles. The smallest absolute Gasteiger partial charge is 0.322 e. The van der Waals surface area contributed by atoms with Gasteiger partial charge < -0.3 is 28.1 Å². The van der Waals surface area contributed by atoms with Crippen molar-refractivity contribution in [2.75, 3.05) is 39.4 Å². The second-order valence-electron chi connectivity index (χ2n) is 6.54. The predicted molar refractivity (Wildman–Crippen MR) is 121 cm³/mol. The molecule has 1 N–H and O–H groups in total. The number of carbonyl (C=O) groups excluding carboxylic acids is 1. The Morgan fingerprint density at radius 1 is 0.848 bits per heavy atom. The molecule has 33 heavy (non-hydrogen) atoms. The number of carbonyl (C=O) groups is 1. The summed E-state index contributed by atoms with van der Waals surface area (Å²) < 4.78 is 33.1. The van der Waals surface area contributed by atoms with Gasteiger partial charge >= 0.3 is 6.01 Å². The first-order valence-electron chi connectivity index (χ1n) is 10.5. The zero-order valence-electron chi connectivity index (χ0n) is 19.3. The van der Waals surface area contributed by atoms with Crippen molar-refractivity contribution in [3.63, 3.8) is 0 Å². The maximum Gasteiger partial charge on any atom is 0.322 e. The summed E-state index contributed by atoms with van der Waals surface area (Å²) in [5, 5.41) is 10.5. The largest absolute Gasteiger partial charge is 0.493 e. The number of hydrogen-bond acceptors (Lipinski definition) is 9. The summed E-state index contributed by atoms with van der Waals surface area (Å²) in [6.45, 7) is 6.77. The minimum atomic E-state index is -0.470. The van der Waals surface area contributed by atoms with Crippen LogP contribution in [0.15, 0.2) is 34.7 Å². The van der Waals surface area contributed by atoms with Crippen LogP contribution < -0.4 is 29.0 Å². The molecule has 3 rings (SSSR count). The van der Waals surface area contributed by atoms with E-state index >= 15 is 0 Å². The highest BCUT2D eigenvalue weighted by atomic mass is 16.5. The average molecular weight is 457 g/mol. The number of aromatic nitrogens is 2. The van der Waals surface area contributed by atoms with Crippen LogP contribution in [0.3, 0.4) is 0 Å². The van der Waals surface area contributed by atoms with Crippen LogP contribution in [0.1, 0.15) is 31.1 Å². The number of ether oxygens (including phenoxy) is 5. The maximum absolute atomic E-state index is 12.9. The Balaban J connectivity index is 1.85. The van der Waals surface area contributed by atoms with Crippen molar-refractivity contribution in [2.45, 2.75) is 20.8 Å². The molecule has 176 valence electrons. The second-order valence-corrected chi connectivity index (χ2v) is 6.54. The summed E-state index contributed by atoms with van der Waals surface area (Å²) in [5.41, 5.74) is 0.898. The molecule has 0 unspecified atom stereocenters. The van der Waals surface area contributed by atoms with Gasteiger partial charge in [0.1, 0.15) is 0 Å². The van der Waals surface area contributed by atoms with E-state index in [1.54, 1.807) is 37.4 Å². The van der Waals surface area contributed by atoms with Gasteiger partial charge in [-0.3, -0.25) is 10.1 Å². The Labute approximate surface area is 191 Å². The summed E-state index contributed by atoms with van der Waals surface area (Å²) in [5.74, 6) is 2.09. The van der Waals surface area contributed by atoms with E-state index in [1.807, 2.05) is 20.8 Å². The van der Waals surface area contributed by atoms with Gasteiger partial charge in [0, 0.05) is 11.1 Å². The first-order chi connectivity index (χ1) is 16.0. The molecule has 0 saturated carbocycles. The van der Waals surface area contributed by atoms with Crippen LogP contribution in [0, 0.1) is 0 Å². The molecule has 0 aliphatic rings. The average Bonchev–Trinajstić information content (AvgIpc) is 3.29. The third kappa shape index (κ3) is 5.46. The van der Waals surface area contributed by atoms with E-state index in [0.717, 1.165) is 0 Å². The quantitative estimate of drug-likeness (QED) is 0.452. The van der Waals surface area contributed by atoms with Crippen molar-refractivity contribution < 1.29 is 32.9 Å². The van der Waals surface area contributed by atoms with Crippen LogP contribution in [0.2, 0.25) is 0 Å². The molecular formula is C23H27N3O7. The highest BCUT2D eigenvalue weighted by Gasteiger charge is 2.20. The Morgan fingerprint density at radius 3 is 2.06 bits per heavy atom. The Bertz CT molecular complexity index is 1070. The van der Waals surface area contributed by atoms with Crippen LogP contribution in [0.25, 0.3) is 11.5 Å². The lowest BCUT2D eigenvalue weighted by Gasteiger charge is -2.16. The summed E-state index contributed by atoms with van der Waals surface area (Å²) in [6.07, 6.45) is 0. The number of rotatable bonds is 11. The molecule has 10 nitrogen and oxygen atoms in total. The van der Waals surface area contributed by atoms with Gasteiger partial charge in [0.15, 0.2) is 23.0 Å². The molecule has 0 spiro atoms. The molecule has 0 radical (unpaired) electrons. The van der Waals surface area contributed by atoms with Gasteiger partial charge in [-0.15, -0.1) is 5.10 Å². The standard InChI is InChI=1S/C23H27N3O7/c1-6-30-18-12-15(13-19(31-7-2)20(18)32-8-3)21(27)24-23-26-25-22(33-23)14-9-10-16(28-4)17(11-14)29-5/h9-13H,6-8H2,1-5H3,(H,24,26,27). The van der Waals surface area contributed by atoms with Crippen LogP contribution in [0.4, 0.5) is 6.01 Å². The zero-order valence-corrected chi connectivity index (χ0v) is 19.3. The van der Waals surface area contributed by atoms with E-state index in [4.69, 9.17) is 28.1 Å². The fourth-order valence-electron chi connectivity index (χ4n) is 3.05. The SMILES string of the molecule is CCOc1cc(C(=O)Nc2nnc(-c3ccc(OC)c(OC)c3)o2)cc(OCC)c1OCC.